The van der Waals surface area contributed by atoms with Crippen molar-refractivity contribution >= 4 is 46.6 Å². The van der Waals surface area contributed by atoms with E-state index in [1.165, 1.54) is 11.3 Å². The molecular weight excluding hydrogens is 392 g/mol. The summed E-state index contributed by atoms with van der Waals surface area (Å²) in [6.07, 6.45) is 0.168. The number of rotatable bonds is 5. The van der Waals surface area contributed by atoms with Gasteiger partial charge in [-0.05, 0) is 13.0 Å². The van der Waals surface area contributed by atoms with Crippen LogP contribution in [0.3, 0.4) is 0 Å². The summed E-state index contributed by atoms with van der Waals surface area (Å²) in [5.41, 5.74) is 1.55. The van der Waals surface area contributed by atoms with Gasteiger partial charge >= 0.3 is 5.97 Å². The van der Waals surface area contributed by atoms with E-state index in [0.717, 1.165) is 16.3 Å². The molecule has 1 atom stereocenters. The molecule has 1 amide bonds. The summed E-state index contributed by atoms with van der Waals surface area (Å²) in [6.45, 7) is 2.63. The Kier molecular flexibility index (Phi) is 6.56. The van der Waals surface area contributed by atoms with E-state index in [0.29, 0.717) is 29.6 Å². The van der Waals surface area contributed by atoms with E-state index in [9.17, 15) is 9.59 Å². The first-order valence-corrected chi connectivity index (χ1v) is 10.7. The number of ether oxygens (including phenoxy) is 1. The van der Waals surface area contributed by atoms with Crippen LogP contribution in [0.25, 0.3) is 10.6 Å². The molecule has 138 valence electrons. The highest BCUT2D eigenvalue weighted by Crippen LogP contribution is 2.30. The zero-order valence-electron chi connectivity index (χ0n) is 14.3. The average molecular weight is 411 g/mol. The minimum Gasteiger partial charge on any atom is -0.464 e. The first kappa shape index (κ1) is 19.2. The van der Waals surface area contributed by atoms with Gasteiger partial charge in [0.1, 0.15) is 11.0 Å². The Labute approximate surface area is 165 Å². The van der Waals surface area contributed by atoms with Gasteiger partial charge in [0, 0.05) is 29.0 Å². The molecule has 2 aromatic rings. The molecule has 0 saturated carbocycles. The lowest BCUT2D eigenvalue weighted by atomic mass is 10.2. The van der Waals surface area contributed by atoms with Crippen molar-refractivity contribution in [3.05, 3.63) is 40.4 Å². The number of aromatic nitrogens is 1. The van der Waals surface area contributed by atoms with Gasteiger partial charge in [0.15, 0.2) is 0 Å². The Morgan fingerprint density at radius 3 is 2.96 bits per heavy atom. The molecule has 0 unspecified atom stereocenters. The van der Waals surface area contributed by atoms with E-state index in [2.05, 4.69) is 4.98 Å². The number of halogens is 1. The highest BCUT2D eigenvalue weighted by Gasteiger charge is 2.33. The minimum atomic E-state index is -0.511. The molecule has 0 bridgehead atoms. The minimum absolute atomic E-state index is 0.0978. The van der Waals surface area contributed by atoms with Gasteiger partial charge < -0.3 is 9.64 Å². The van der Waals surface area contributed by atoms with Crippen molar-refractivity contribution in [2.24, 2.45) is 0 Å². The number of thiazole rings is 1. The summed E-state index contributed by atoms with van der Waals surface area (Å²) in [6, 6.07) is 6.99. The molecule has 1 aromatic carbocycles. The number of hydrogen-bond acceptors (Lipinski definition) is 6. The van der Waals surface area contributed by atoms with Crippen molar-refractivity contribution in [2.75, 3.05) is 24.7 Å². The Morgan fingerprint density at radius 2 is 2.19 bits per heavy atom. The van der Waals surface area contributed by atoms with Crippen LogP contribution in [0.15, 0.2) is 29.6 Å². The van der Waals surface area contributed by atoms with Crippen LogP contribution >= 0.6 is 34.7 Å². The van der Waals surface area contributed by atoms with Crippen LogP contribution in [0.1, 0.15) is 12.6 Å². The number of esters is 1. The SMILES string of the molecule is CCOC(=O)[C@@H]1CSCCN1C(=O)Cc1csc(-c2ccccc2Cl)n1. The molecule has 0 radical (unpaired) electrons. The maximum absolute atomic E-state index is 12.7. The molecule has 1 aliphatic rings. The van der Waals surface area contributed by atoms with Gasteiger partial charge in [-0.15, -0.1) is 11.3 Å². The second-order valence-corrected chi connectivity index (χ2v) is 8.15. The molecule has 1 saturated heterocycles. The van der Waals surface area contributed by atoms with Gasteiger partial charge in [0.25, 0.3) is 0 Å². The first-order valence-electron chi connectivity index (χ1n) is 8.33. The third kappa shape index (κ3) is 4.39. The summed E-state index contributed by atoms with van der Waals surface area (Å²) in [4.78, 5) is 31.1. The topological polar surface area (TPSA) is 59.5 Å². The van der Waals surface area contributed by atoms with Crippen LogP contribution in [-0.2, 0) is 20.7 Å². The van der Waals surface area contributed by atoms with E-state index >= 15 is 0 Å². The molecule has 5 nitrogen and oxygen atoms in total. The van der Waals surface area contributed by atoms with Gasteiger partial charge in [-0.2, -0.15) is 11.8 Å². The van der Waals surface area contributed by atoms with Crippen molar-refractivity contribution in [1.29, 1.82) is 0 Å². The maximum atomic E-state index is 12.7. The molecule has 2 heterocycles. The van der Waals surface area contributed by atoms with Crippen LogP contribution in [0.5, 0.6) is 0 Å². The molecule has 0 aliphatic carbocycles. The van der Waals surface area contributed by atoms with Crippen LogP contribution < -0.4 is 0 Å². The van der Waals surface area contributed by atoms with Gasteiger partial charge in [0.2, 0.25) is 5.91 Å². The lowest BCUT2D eigenvalue weighted by molar-refractivity contribution is -0.153. The summed E-state index contributed by atoms with van der Waals surface area (Å²) < 4.78 is 5.11. The number of hydrogen-bond donors (Lipinski definition) is 0. The van der Waals surface area contributed by atoms with Crippen LogP contribution in [0.4, 0.5) is 0 Å². The Bertz CT molecular complexity index is 796. The maximum Gasteiger partial charge on any atom is 0.329 e. The van der Waals surface area contributed by atoms with Crippen molar-refractivity contribution in [3.63, 3.8) is 0 Å². The Balaban J connectivity index is 1.71. The molecule has 0 spiro atoms. The van der Waals surface area contributed by atoms with E-state index < -0.39 is 6.04 Å². The smallest absolute Gasteiger partial charge is 0.329 e. The molecule has 1 fully saturated rings. The van der Waals surface area contributed by atoms with Crippen LogP contribution in [-0.4, -0.2) is 52.5 Å². The second kappa shape index (κ2) is 8.88. The molecular formula is C18H19ClN2O3S2. The van der Waals surface area contributed by atoms with Gasteiger partial charge in [-0.25, -0.2) is 9.78 Å². The number of carbonyl (C=O) groups excluding carboxylic acids is 2. The largest absolute Gasteiger partial charge is 0.464 e. The Hall–Kier alpha value is -1.57. The summed E-state index contributed by atoms with van der Waals surface area (Å²) in [7, 11) is 0. The first-order chi connectivity index (χ1) is 12.6. The van der Waals surface area contributed by atoms with Crippen molar-refractivity contribution in [2.45, 2.75) is 19.4 Å². The normalized spacial score (nSPS) is 17.2. The van der Waals surface area contributed by atoms with Crippen molar-refractivity contribution in [3.8, 4) is 10.6 Å². The highest BCUT2D eigenvalue weighted by atomic mass is 35.5. The standard InChI is InChI=1S/C18H19ClN2O3S2/c1-2-24-18(23)15-11-25-8-7-21(15)16(22)9-12-10-26-17(20-12)13-5-3-4-6-14(13)19/h3-6,10,15H,2,7-9,11H2,1H3/t15-/m0/s1. The second-order valence-electron chi connectivity index (χ2n) is 5.73. The van der Waals surface area contributed by atoms with Gasteiger partial charge in [-0.1, -0.05) is 29.8 Å². The quantitative estimate of drug-likeness (QED) is 0.706. The average Bonchev–Trinajstić information content (AvgIpc) is 3.10. The third-order valence-electron chi connectivity index (χ3n) is 4.00. The monoisotopic (exact) mass is 410 g/mol. The summed E-state index contributed by atoms with van der Waals surface area (Å²) >= 11 is 9.34. The third-order valence-corrected chi connectivity index (χ3v) is 6.27. The number of carbonyl (C=O) groups is 2. The van der Waals surface area contributed by atoms with Crippen LogP contribution in [0, 0.1) is 0 Å². The van der Waals surface area contributed by atoms with Crippen molar-refractivity contribution < 1.29 is 14.3 Å². The molecule has 1 aliphatic heterocycles. The predicted octanol–water partition coefficient (Wildman–Crippen LogP) is 3.51. The van der Waals surface area contributed by atoms with E-state index in [1.54, 1.807) is 23.6 Å². The van der Waals surface area contributed by atoms with E-state index in [-0.39, 0.29) is 18.3 Å². The fourth-order valence-corrected chi connectivity index (χ4v) is 4.91. The summed E-state index contributed by atoms with van der Waals surface area (Å²) in [5, 5.41) is 3.29. The molecule has 8 heteroatoms. The fourth-order valence-electron chi connectivity index (χ4n) is 2.74. The number of nitrogens with zero attached hydrogens (tertiary/aromatic N) is 2. The van der Waals surface area contributed by atoms with Crippen molar-refractivity contribution in [1.82, 2.24) is 9.88 Å². The number of thioether (sulfide) groups is 1. The molecule has 0 N–H and O–H groups in total. The van der Waals surface area contributed by atoms with Crippen LogP contribution in [0.2, 0.25) is 5.02 Å². The number of benzene rings is 1. The highest BCUT2D eigenvalue weighted by molar-refractivity contribution is 7.99. The van der Waals surface area contributed by atoms with E-state index in [1.807, 2.05) is 29.6 Å². The van der Waals surface area contributed by atoms with E-state index in [4.69, 9.17) is 16.3 Å². The lowest BCUT2D eigenvalue weighted by Gasteiger charge is -2.33. The lowest BCUT2D eigenvalue weighted by Crippen LogP contribution is -2.51. The molecule has 3 rings (SSSR count). The zero-order chi connectivity index (χ0) is 18.5. The summed E-state index contributed by atoms with van der Waals surface area (Å²) in [5.74, 6) is 0.971. The molecule has 1 aromatic heterocycles. The van der Waals surface area contributed by atoms with Gasteiger partial charge in [-0.3, -0.25) is 4.79 Å². The Morgan fingerprint density at radius 1 is 1.38 bits per heavy atom. The fraction of sp³-hybridized carbons (Fsp3) is 0.389. The predicted molar refractivity (Wildman–Crippen MR) is 106 cm³/mol. The van der Waals surface area contributed by atoms with Gasteiger partial charge in [0.05, 0.1) is 23.7 Å². The zero-order valence-corrected chi connectivity index (χ0v) is 16.7. The molecule has 26 heavy (non-hydrogen) atoms. The number of amides is 1.